The molecule has 0 unspecified atom stereocenters. The van der Waals surface area contributed by atoms with E-state index in [-0.39, 0.29) is 5.91 Å². The SMILES string of the molecule is CCCn1ncc(N)c1C(=O)NCCN(C)C. The van der Waals surface area contributed by atoms with Gasteiger partial charge in [0.2, 0.25) is 0 Å². The first kappa shape index (κ1) is 13.5. The molecule has 0 aliphatic carbocycles. The lowest BCUT2D eigenvalue weighted by Gasteiger charge is -2.11. The van der Waals surface area contributed by atoms with E-state index in [1.165, 1.54) is 6.20 Å². The molecular formula is C11H21N5O. The first-order chi connectivity index (χ1) is 8.06. The summed E-state index contributed by atoms with van der Waals surface area (Å²) in [5, 5.41) is 6.92. The van der Waals surface area contributed by atoms with E-state index in [2.05, 4.69) is 10.4 Å². The number of hydrogen-bond donors (Lipinski definition) is 2. The Morgan fingerprint density at radius 3 is 2.88 bits per heavy atom. The number of rotatable bonds is 6. The Kier molecular flexibility index (Phi) is 4.96. The van der Waals surface area contributed by atoms with Gasteiger partial charge < -0.3 is 16.0 Å². The van der Waals surface area contributed by atoms with Crippen LogP contribution in [0.5, 0.6) is 0 Å². The molecule has 0 radical (unpaired) electrons. The highest BCUT2D eigenvalue weighted by molar-refractivity contribution is 5.97. The van der Waals surface area contributed by atoms with Gasteiger partial charge >= 0.3 is 0 Å². The molecule has 6 heteroatoms. The summed E-state index contributed by atoms with van der Waals surface area (Å²) in [5.41, 5.74) is 6.64. The van der Waals surface area contributed by atoms with Crippen LogP contribution < -0.4 is 11.1 Å². The minimum Gasteiger partial charge on any atom is -0.396 e. The summed E-state index contributed by atoms with van der Waals surface area (Å²) in [6.45, 7) is 4.13. The molecule has 1 aromatic heterocycles. The lowest BCUT2D eigenvalue weighted by atomic mass is 10.3. The second-order valence-corrected chi connectivity index (χ2v) is 4.23. The van der Waals surface area contributed by atoms with Gasteiger partial charge in [-0.25, -0.2) is 0 Å². The first-order valence-corrected chi connectivity index (χ1v) is 5.80. The van der Waals surface area contributed by atoms with Crippen LogP contribution in [0.2, 0.25) is 0 Å². The van der Waals surface area contributed by atoms with Gasteiger partial charge in [-0.3, -0.25) is 9.48 Å². The van der Waals surface area contributed by atoms with E-state index < -0.39 is 0 Å². The third-order valence-electron chi connectivity index (χ3n) is 2.36. The highest BCUT2D eigenvalue weighted by atomic mass is 16.2. The number of aromatic nitrogens is 2. The number of nitrogens with two attached hydrogens (primary N) is 1. The molecule has 0 aliphatic rings. The van der Waals surface area contributed by atoms with E-state index in [4.69, 9.17) is 5.73 Å². The average molecular weight is 239 g/mol. The number of nitrogen functional groups attached to an aromatic ring is 1. The van der Waals surface area contributed by atoms with Crippen molar-refractivity contribution in [2.45, 2.75) is 19.9 Å². The number of carbonyl (C=O) groups is 1. The standard InChI is InChI=1S/C11H21N5O/c1-4-6-16-10(9(12)8-14-16)11(17)13-5-7-15(2)3/h8H,4-7,12H2,1-3H3,(H,13,17). The number of amides is 1. The van der Waals surface area contributed by atoms with Crippen LogP contribution in [0.3, 0.4) is 0 Å². The Morgan fingerprint density at radius 1 is 1.59 bits per heavy atom. The molecule has 0 bridgehead atoms. The van der Waals surface area contributed by atoms with Crippen LogP contribution >= 0.6 is 0 Å². The molecule has 0 atom stereocenters. The van der Waals surface area contributed by atoms with Gasteiger partial charge in [0.05, 0.1) is 11.9 Å². The van der Waals surface area contributed by atoms with Crippen molar-refractivity contribution in [3.8, 4) is 0 Å². The molecule has 6 nitrogen and oxygen atoms in total. The number of hydrogen-bond acceptors (Lipinski definition) is 4. The van der Waals surface area contributed by atoms with E-state index in [1.807, 2.05) is 25.9 Å². The van der Waals surface area contributed by atoms with Crippen molar-refractivity contribution in [2.24, 2.45) is 0 Å². The summed E-state index contributed by atoms with van der Waals surface area (Å²) in [4.78, 5) is 13.9. The van der Waals surface area contributed by atoms with Crippen molar-refractivity contribution in [1.29, 1.82) is 0 Å². The second kappa shape index (κ2) is 6.24. The van der Waals surface area contributed by atoms with E-state index in [1.54, 1.807) is 4.68 Å². The normalized spacial score (nSPS) is 10.8. The molecule has 1 amide bonds. The monoisotopic (exact) mass is 239 g/mol. The van der Waals surface area contributed by atoms with Crippen molar-refractivity contribution in [2.75, 3.05) is 32.9 Å². The van der Waals surface area contributed by atoms with E-state index >= 15 is 0 Å². The quantitative estimate of drug-likeness (QED) is 0.742. The zero-order valence-electron chi connectivity index (χ0n) is 10.7. The van der Waals surface area contributed by atoms with Crippen molar-refractivity contribution in [3.63, 3.8) is 0 Å². The van der Waals surface area contributed by atoms with Crippen LogP contribution in [-0.2, 0) is 6.54 Å². The molecule has 1 heterocycles. The Bertz CT molecular complexity index is 372. The maximum absolute atomic E-state index is 11.9. The average Bonchev–Trinajstić information content (AvgIpc) is 2.60. The van der Waals surface area contributed by atoms with Gasteiger partial charge in [-0.05, 0) is 20.5 Å². The number of carbonyl (C=O) groups excluding carboxylic acids is 1. The van der Waals surface area contributed by atoms with E-state index in [0.29, 0.717) is 24.5 Å². The van der Waals surface area contributed by atoms with Gasteiger partial charge in [-0.1, -0.05) is 6.92 Å². The minimum atomic E-state index is -0.157. The van der Waals surface area contributed by atoms with Crippen molar-refractivity contribution in [3.05, 3.63) is 11.9 Å². The molecule has 1 rings (SSSR count). The Morgan fingerprint density at radius 2 is 2.29 bits per heavy atom. The molecule has 0 aromatic carbocycles. The van der Waals surface area contributed by atoms with E-state index in [0.717, 1.165) is 13.0 Å². The maximum atomic E-state index is 11.9. The first-order valence-electron chi connectivity index (χ1n) is 5.80. The highest BCUT2D eigenvalue weighted by Crippen LogP contribution is 2.10. The predicted octanol–water partition coefficient (Wildman–Crippen LogP) is 0.167. The summed E-state index contributed by atoms with van der Waals surface area (Å²) in [6, 6.07) is 0. The number of anilines is 1. The second-order valence-electron chi connectivity index (χ2n) is 4.23. The van der Waals surface area contributed by atoms with E-state index in [9.17, 15) is 4.79 Å². The fourth-order valence-electron chi connectivity index (χ4n) is 1.51. The summed E-state index contributed by atoms with van der Waals surface area (Å²) >= 11 is 0. The molecule has 3 N–H and O–H groups in total. The Balaban J connectivity index is 2.64. The maximum Gasteiger partial charge on any atom is 0.271 e. The van der Waals surface area contributed by atoms with Gasteiger partial charge in [-0.2, -0.15) is 5.10 Å². The highest BCUT2D eigenvalue weighted by Gasteiger charge is 2.15. The smallest absolute Gasteiger partial charge is 0.271 e. The number of aryl methyl sites for hydroxylation is 1. The van der Waals surface area contributed by atoms with Crippen molar-refractivity contribution in [1.82, 2.24) is 20.0 Å². The number of likely N-dealkylation sites (N-methyl/N-ethyl adjacent to an activating group) is 1. The molecule has 0 aliphatic heterocycles. The van der Waals surface area contributed by atoms with Crippen LogP contribution in [0, 0.1) is 0 Å². The van der Waals surface area contributed by atoms with Crippen LogP contribution in [0.25, 0.3) is 0 Å². The molecule has 17 heavy (non-hydrogen) atoms. The van der Waals surface area contributed by atoms with Crippen LogP contribution in [0.1, 0.15) is 23.8 Å². The summed E-state index contributed by atoms with van der Waals surface area (Å²) in [6.07, 6.45) is 2.44. The molecule has 96 valence electrons. The molecule has 0 spiro atoms. The number of nitrogens with zero attached hydrogens (tertiary/aromatic N) is 3. The van der Waals surface area contributed by atoms with Crippen LogP contribution in [0.4, 0.5) is 5.69 Å². The molecule has 0 saturated heterocycles. The third kappa shape index (κ3) is 3.74. The molecule has 1 aromatic rings. The summed E-state index contributed by atoms with van der Waals surface area (Å²) < 4.78 is 1.65. The Labute approximate surface area is 102 Å². The predicted molar refractivity (Wildman–Crippen MR) is 67.8 cm³/mol. The van der Waals surface area contributed by atoms with Gasteiger partial charge in [-0.15, -0.1) is 0 Å². The van der Waals surface area contributed by atoms with Crippen LogP contribution in [0.15, 0.2) is 6.20 Å². The fourth-order valence-corrected chi connectivity index (χ4v) is 1.51. The third-order valence-corrected chi connectivity index (χ3v) is 2.36. The topological polar surface area (TPSA) is 76.2 Å². The molecular weight excluding hydrogens is 218 g/mol. The summed E-state index contributed by atoms with van der Waals surface area (Å²) in [7, 11) is 3.92. The van der Waals surface area contributed by atoms with Gasteiger partial charge in [0.1, 0.15) is 5.69 Å². The van der Waals surface area contributed by atoms with Crippen molar-refractivity contribution >= 4 is 11.6 Å². The fraction of sp³-hybridized carbons (Fsp3) is 0.636. The zero-order valence-corrected chi connectivity index (χ0v) is 10.7. The molecule has 0 fully saturated rings. The number of nitrogens with one attached hydrogen (secondary N) is 1. The Hall–Kier alpha value is -1.56. The lowest BCUT2D eigenvalue weighted by molar-refractivity contribution is 0.0941. The minimum absolute atomic E-state index is 0.157. The summed E-state index contributed by atoms with van der Waals surface area (Å²) in [5.74, 6) is -0.157. The molecule has 0 saturated carbocycles. The largest absolute Gasteiger partial charge is 0.396 e. The zero-order chi connectivity index (χ0) is 12.8. The van der Waals surface area contributed by atoms with Gasteiger partial charge in [0.15, 0.2) is 0 Å². The van der Waals surface area contributed by atoms with Gasteiger partial charge in [0.25, 0.3) is 5.91 Å². The van der Waals surface area contributed by atoms with Crippen molar-refractivity contribution < 1.29 is 4.79 Å². The lowest BCUT2D eigenvalue weighted by Crippen LogP contribution is -2.33. The van der Waals surface area contributed by atoms with Gasteiger partial charge in [0, 0.05) is 19.6 Å². The van der Waals surface area contributed by atoms with Crippen LogP contribution in [-0.4, -0.2) is 47.8 Å².